The minimum Gasteiger partial charge on any atom is -0.478 e. The minimum absolute atomic E-state index is 0.0969. The van der Waals surface area contributed by atoms with Crippen LogP contribution in [0, 0.1) is 5.41 Å². The van der Waals surface area contributed by atoms with E-state index < -0.39 is 5.97 Å². The van der Waals surface area contributed by atoms with E-state index in [2.05, 4.69) is 26.1 Å². The number of nitrogens with one attached hydrogen (secondary N) is 1. The number of carbonyl (C=O) groups is 2. The van der Waals surface area contributed by atoms with Crippen molar-refractivity contribution in [1.29, 1.82) is 0 Å². The highest BCUT2D eigenvalue weighted by Gasteiger charge is 2.27. The molecule has 1 aromatic carbocycles. The summed E-state index contributed by atoms with van der Waals surface area (Å²) in [5, 5.41) is 11.9. The smallest absolute Gasteiger partial charge is 0.335 e. The zero-order valence-corrected chi connectivity index (χ0v) is 12.8. The van der Waals surface area contributed by atoms with E-state index in [0.717, 1.165) is 6.42 Å². The summed E-state index contributed by atoms with van der Waals surface area (Å²) in [5.74, 6) is -1.28. The second-order valence-corrected chi connectivity index (χ2v) is 6.96. The maximum absolute atomic E-state index is 12.2. The highest BCUT2D eigenvalue weighted by atomic mass is 16.4. The molecule has 0 aliphatic heterocycles. The molecule has 1 amide bonds. The second-order valence-electron chi connectivity index (χ2n) is 6.96. The zero-order valence-electron chi connectivity index (χ0n) is 12.8. The number of hydrogen-bond acceptors (Lipinski definition) is 2. The van der Waals surface area contributed by atoms with E-state index in [1.165, 1.54) is 12.1 Å². The molecular formula is C16H23NO3. The van der Waals surface area contributed by atoms with Gasteiger partial charge in [-0.2, -0.15) is 0 Å². The first-order valence-electron chi connectivity index (χ1n) is 6.66. The molecule has 1 rings (SSSR count). The molecule has 1 aromatic rings. The number of carbonyl (C=O) groups excluding carboxylic acids is 1. The van der Waals surface area contributed by atoms with Crippen LogP contribution >= 0.6 is 0 Å². The Bertz CT molecular complexity index is 513. The molecule has 0 heterocycles. The molecule has 0 bridgehead atoms. The maximum atomic E-state index is 12.2. The van der Waals surface area contributed by atoms with Crippen LogP contribution in [0.4, 0.5) is 0 Å². The molecule has 0 radical (unpaired) electrons. The van der Waals surface area contributed by atoms with Crippen molar-refractivity contribution in [2.45, 2.75) is 46.6 Å². The Balaban J connectivity index is 2.86. The van der Waals surface area contributed by atoms with Crippen molar-refractivity contribution in [1.82, 2.24) is 5.32 Å². The first-order chi connectivity index (χ1) is 9.00. The third-order valence-corrected chi connectivity index (χ3v) is 2.80. The molecule has 110 valence electrons. The monoisotopic (exact) mass is 277 g/mol. The summed E-state index contributed by atoms with van der Waals surface area (Å²) in [6, 6.07) is 6.06. The van der Waals surface area contributed by atoms with E-state index >= 15 is 0 Å². The van der Waals surface area contributed by atoms with Crippen LogP contribution in [0.5, 0.6) is 0 Å². The van der Waals surface area contributed by atoms with Crippen LogP contribution in [0.15, 0.2) is 24.3 Å². The van der Waals surface area contributed by atoms with Crippen molar-refractivity contribution in [3.8, 4) is 0 Å². The summed E-state index contributed by atoms with van der Waals surface area (Å²) < 4.78 is 0. The number of hydrogen-bond donors (Lipinski definition) is 2. The number of amides is 1. The fourth-order valence-corrected chi connectivity index (χ4v) is 2.54. The predicted octanol–water partition coefficient (Wildman–Crippen LogP) is 3.33. The molecule has 20 heavy (non-hydrogen) atoms. The van der Waals surface area contributed by atoms with Crippen LogP contribution in [0.2, 0.25) is 0 Å². The lowest BCUT2D eigenvalue weighted by molar-refractivity contribution is 0.0697. The van der Waals surface area contributed by atoms with Gasteiger partial charge in [-0.15, -0.1) is 0 Å². The first kappa shape index (κ1) is 16.2. The lowest BCUT2D eigenvalue weighted by Gasteiger charge is -2.33. The molecule has 4 heteroatoms. The molecule has 0 aliphatic rings. The Morgan fingerprint density at radius 1 is 1.10 bits per heavy atom. The summed E-state index contributed by atoms with van der Waals surface area (Å²) in [7, 11) is 0. The normalized spacial score (nSPS) is 12.1. The first-order valence-corrected chi connectivity index (χ1v) is 6.66. The summed E-state index contributed by atoms with van der Waals surface area (Å²) in [5.41, 5.74) is 0.229. The van der Waals surface area contributed by atoms with E-state index in [0.29, 0.717) is 5.56 Å². The molecule has 0 saturated carbocycles. The van der Waals surface area contributed by atoms with Gasteiger partial charge in [-0.05, 0) is 43.9 Å². The van der Waals surface area contributed by atoms with Gasteiger partial charge >= 0.3 is 5.97 Å². The van der Waals surface area contributed by atoms with Crippen molar-refractivity contribution in [3.63, 3.8) is 0 Å². The van der Waals surface area contributed by atoms with Crippen LogP contribution in [0.25, 0.3) is 0 Å². The molecule has 0 atom stereocenters. The van der Waals surface area contributed by atoms with E-state index in [9.17, 15) is 9.59 Å². The third kappa shape index (κ3) is 5.03. The largest absolute Gasteiger partial charge is 0.478 e. The molecule has 2 N–H and O–H groups in total. The molecule has 0 spiro atoms. The number of rotatable bonds is 4. The second kappa shape index (κ2) is 5.65. The predicted molar refractivity (Wildman–Crippen MR) is 79.0 cm³/mol. The highest BCUT2D eigenvalue weighted by molar-refractivity contribution is 5.97. The average Bonchev–Trinajstić information content (AvgIpc) is 2.25. The Labute approximate surface area is 120 Å². The quantitative estimate of drug-likeness (QED) is 0.887. The molecular weight excluding hydrogens is 254 g/mol. The summed E-state index contributed by atoms with van der Waals surface area (Å²) in [6.45, 7) is 10.3. The van der Waals surface area contributed by atoms with Crippen molar-refractivity contribution in [2.75, 3.05) is 0 Å². The van der Waals surface area contributed by atoms with Crippen LogP contribution in [-0.2, 0) is 0 Å². The topological polar surface area (TPSA) is 66.4 Å². The lowest BCUT2D eigenvalue weighted by atomic mass is 9.81. The molecule has 0 aromatic heterocycles. The van der Waals surface area contributed by atoms with Gasteiger partial charge in [0.1, 0.15) is 0 Å². The van der Waals surface area contributed by atoms with Gasteiger partial charge in [0.25, 0.3) is 5.91 Å². The van der Waals surface area contributed by atoms with Crippen LogP contribution in [0.3, 0.4) is 0 Å². The SMILES string of the molecule is CC(C)(C)CC(C)(C)NC(=O)c1cccc(C(=O)O)c1. The van der Waals surface area contributed by atoms with Gasteiger partial charge in [-0.3, -0.25) is 4.79 Å². The lowest BCUT2D eigenvalue weighted by Crippen LogP contribution is -2.45. The number of carboxylic acid groups (broad SMARTS) is 1. The third-order valence-electron chi connectivity index (χ3n) is 2.80. The van der Waals surface area contributed by atoms with Crippen molar-refractivity contribution in [2.24, 2.45) is 5.41 Å². The standard InChI is InChI=1S/C16H23NO3/c1-15(2,3)10-16(4,5)17-13(18)11-7-6-8-12(9-11)14(19)20/h6-9H,10H2,1-5H3,(H,17,18)(H,19,20). The summed E-state index contributed by atoms with van der Waals surface area (Å²) >= 11 is 0. The van der Waals surface area contributed by atoms with Gasteiger partial charge in [0.2, 0.25) is 0 Å². The summed E-state index contributed by atoms with van der Waals surface area (Å²) in [6.07, 6.45) is 0.824. The van der Waals surface area contributed by atoms with Crippen molar-refractivity contribution in [3.05, 3.63) is 35.4 Å². The minimum atomic E-state index is -1.03. The van der Waals surface area contributed by atoms with Gasteiger partial charge in [-0.1, -0.05) is 26.8 Å². The van der Waals surface area contributed by atoms with Crippen LogP contribution in [0.1, 0.15) is 61.8 Å². The number of benzene rings is 1. The van der Waals surface area contributed by atoms with Crippen LogP contribution < -0.4 is 5.32 Å². The molecule has 0 unspecified atom stereocenters. The highest BCUT2D eigenvalue weighted by Crippen LogP contribution is 2.27. The number of carboxylic acids is 1. The van der Waals surface area contributed by atoms with Crippen LogP contribution in [-0.4, -0.2) is 22.5 Å². The molecule has 0 fully saturated rings. The van der Waals surface area contributed by atoms with Crippen molar-refractivity contribution >= 4 is 11.9 Å². The average molecular weight is 277 g/mol. The van der Waals surface area contributed by atoms with E-state index in [4.69, 9.17) is 5.11 Å². The number of aromatic carboxylic acids is 1. The Morgan fingerprint density at radius 2 is 1.65 bits per heavy atom. The van der Waals surface area contributed by atoms with Gasteiger partial charge in [0.05, 0.1) is 5.56 Å². The summed E-state index contributed by atoms with van der Waals surface area (Å²) in [4.78, 5) is 23.1. The zero-order chi connectivity index (χ0) is 15.6. The van der Waals surface area contributed by atoms with E-state index in [1.54, 1.807) is 12.1 Å². The molecule has 0 aliphatic carbocycles. The van der Waals surface area contributed by atoms with Gasteiger partial charge in [-0.25, -0.2) is 4.79 Å². The van der Waals surface area contributed by atoms with Gasteiger partial charge in [0.15, 0.2) is 0 Å². The maximum Gasteiger partial charge on any atom is 0.335 e. The van der Waals surface area contributed by atoms with E-state index in [1.807, 2.05) is 13.8 Å². The fourth-order valence-electron chi connectivity index (χ4n) is 2.54. The van der Waals surface area contributed by atoms with E-state index in [-0.39, 0.29) is 22.4 Å². The molecule has 4 nitrogen and oxygen atoms in total. The van der Waals surface area contributed by atoms with Gasteiger partial charge < -0.3 is 10.4 Å². The Morgan fingerprint density at radius 3 is 2.15 bits per heavy atom. The fraction of sp³-hybridized carbons (Fsp3) is 0.500. The molecule has 0 saturated heterocycles. The van der Waals surface area contributed by atoms with Crippen molar-refractivity contribution < 1.29 is 14.7 Å². The Kier molecular flexibility index (Phi) is 4.58. The Hall–Kier alpha value is -1.84. The van der Waals surface area contributed by atoms with Gasteiger partial charge in [0, 0.05) is 11.1 Å².